The average molecular weight is 331 g/mol. The first kappa shape index (κ1) is 15.4. The lowest BCUT2D eigenvalue weighted by molar-refractivity contribution is -0.385. The zero-order valence-electron chi connectivity index (χ0n) is 11.1. The second kappa shape index (κ2) is 5.56. The highest BCUT2D eigenvalue weighted by Crippen LogP contribution is 2.31. The third-order valence-electron chi connectivity index (χ3n) is 2.11. The van der Waals surface area contributed by atoms with Crippen LogP contribution in [0.3, 0.4) is 0 Å². The van der Waals surface area contributed by atoms with Crippen LogP contribution in [0.5, 0.6) is 0 Å². The van der Waals surface area contributed by atoms with Gasteiger partial charge in [0.05, 0.1) is 10.6 Å². The fourth-order valence-electron chi connectivity index (χ4n) is 1.40. The molecule has 0 fully saturated rings. The molecule has 104 valence electrons. The fourth-order valence-corrected chi connectivity index (χ4v) is 2.04. The summed E-state index contributed by atoms with van der Waals surface area (Å²) in [5.41, 5.74) is 0.386. The Kier molecular flexibility index (Phi) is 4.52. The smallest absolute Gasteiger partial charge is 0.412 e. The summed E-state index contributed by atoms with van der Waals surface area (Å²) in [5.74, 6) is 0. The van der Waals surface area contributed by atoms with E-state index in [9.17, 15) is 14.9 Å². The van der Waals surface area contributed by atoms with E-state index in [1.54, 1.807) is 27.7 Å². The first-order valence-corrected chi connectivity index (χ1v) is 6.34. The minimum absolute atomic E-state index is 0.0425. The number of halogens is 1. The maximum absolute atomic E-state index is 11.7. The highest BCUT2D eigenvalue weighted by Gasteiger charge is 2.19. The standard InChI is InChI=1S/C12H15BrN2O4/c1-7-5-8(15(17)18)6-9(13)10(7)14-11(16)19-12(2,3)4/h5-6H,1-4H3,(H,14,16). The number of nitrogens with zero attached hydrogens (tertiary/aromatic N) is 1. The molecule has 0 atom stereocenters. The number of nitro benzene ring substituents is 1. The van der Waals surface area contributed by atoms with Gasteiger partial charge in [-0.25, -0.2) is 4.79 Å². The predicted octanol–water partition coefficient (Wildman–Crippen LogP) is 4.01. The molecule has 1 rings (SSSR count). The lowest BCUT2D eigenvalue weighted by atomic mass is 10.2. The number of benzene rings is 1. The molecule has 0 unspecified atom stereocenters. The SMILES string of the molecule is Cc1cc([N+](=O)[O-])cc(Br)c1NC(=O)OC(C)(C)C. The van der Waals surface area contributed by atoms with Crippen molar-refractivity contribution in [2.45, 2.75) is 33.3 Å². The number of aryl methyl sites for hydroxylation is 1. The van der Waals surface area contributed by atoms with Gasteiger partial charge in [0.1, 0.15) is 5.60 Å². The summed E-state index contributed by atoms with van der Waals surface area (Å²) < 4.78 is 5.56. The number of rotatable bonds is 2. The summed E-state index contributed by atoms with van der Waals surface area (Å²) in [6, 6.07) is 2.72. The molecule has 1 aromatic carbocycles. The number of ether oxygens (including phenoxy) is 1. The largest absolute Gasteiger partial charge is 0.444 e. The first-order valence-electron chi connectivity index (χ1n) is 5.54. The molecule has 1 aromatic rings. The molecule has 0 saturated carbocycles. The molecule has 1 amide bonds. The number of carbonyl (C=O) groups excluding carboxylic acids is 1. The Morgan fingerprint density at radius 3 is 2.42 bits per heavy atom. The molecule has 19 heavy (non-hydrogen) atoms. The van der Waals surface area contributed by atoms with Gasteiger partial charge in [-0.05, 0) is 49.2 Å². The number of nitro groups is 1. The molecule has 0 radical (unpaired) electrons. The maximum Gasteiger partial charge on any atom is 0.412 e. The molecule has 0 aromatic heterocycles. The van der Waals surface area contributed by atoms with Crippen molar-refractivity contribution >= 4 is 33.4 Å². The van der Waals surface area contributed by atoms with Gasteiger partial charge in [0.2, 0.25) is 0 Å². The van der Waals surface area contributed by atoms with Gasteiger partial charge in [-0.2, -0.15) is 0 Å². The Morgan fingerprint density at radius 2 is 2.00 bits per heavy atom. The zero-order chi connectivity index (χ0) is 14.8. The summed E-state index contributed by atoms with van der Waals surface area (Å²) in [7, 11) is 0. The highest BCUT2D eigenvalue weighted by atomic mass is 79.9. The molecular formula is C12H15BrN2O4. The Bertz CT molecular complexity index is 500. The summed E-state index contributed by atoms with van der Waals surface area (Å²) in [6.45, 7) is 6.93. The minimum Gasteiger partial charge on any atom is -0.444 e. The van der Waals surface area contributed by atoms with Crippen molar-refractivity contribution in [1.82, 2.24) is 0 Å². The van der Waals surface area contributed by atoms with Crippen LogP contribution in [0.25, 0.3) is 0 Å². The molecule has 0 saturated heterocycles. The van der Waals surface area contributed by atoms with Crippen molar-refractivity contribution in [1.29, 1.82) is 0 Å². The number of hydrogen-bond donors (Lipinski definition) is 1. The molecule has 6 nitrogen and oxygen atoms in total. The molecule has 1 N–H and O–H groups in total. The van der Waals surface area contributed by atoms with Crippen LogP contribution < -0.4 is 5.32 Å². The Labute approximate surface area is 119 Å². The van der Waals surface area contributed by atoms with Gasteiger partial charge in [-0.15, -0.1) is 0 Å². The lowest BCUT2D eigenvalue weighted by Gasteiger charge is -2.20. The Hall–Kier alpha value is -1.63. The van der Waals surface area contributed by atoms with E-state index in [1.807, 2.05) is 0 Å². The third-order valence-corrected chi connectivity index (χ3v) is 2.73. The van der Waals surface area contributed by atoms with Crippen molar-refractivity contribution < 1.29 is 14.5 Å². The monoisotopic (exact) mass is 330 g/mol. The third kappa shape index (κ3) is 4.51. The van der Waals surface area contributed by atoms with Crippen LogP contribution in [0.2, 0.25) is 0 Å². The molecule has 0 bridgehead atoms. The van der Waals surface area contributed by atoms with E-state index in [1.165, 1.54) is 12.1 Å². The molecule has 7 heteroatoms. The van der Waals surface area contributed by atoms with Crippen LogP contribution in [0.4, 0.5) is 16.2 Å². The van der Waals surface area contributed by atoms with Crippen LogP contribution in [0.15, 0.2) is 16.6 Å². The second-order valence-electron chi connectivity index (χ2n) is 5.00. The summed E-state index contributed by atoms with van der Waals surface area (Å²) >= 11 is 3.20. The maximum atomic E-state index is 11.7. The van der Waals surface area contributed by atoms with Crippen LogP contribution in [-0.4, -0.2) is 16.6 Å². The Morgan fingerprint density at radius 1 is 1.42 bits per heavy atom. The first-order chi connectivity index (χ1) is 8.60. The van der Waals surface area contributed by atoms with Crippen LogP contribution in [0, 0.1) is 17.0 Å². The normalized spacial score (nSPS) is 11.0. The predicted molar refractivity (Wildman–Crippen MR) is 75.4 cm³/mol. The van der Waals surface area contributed by atoms with E-state index in [2.05, 4.69) is 21.2 Å². The molecule has 0 aliphatic heterocycles. The Balaban J connectivity index is 2.97. The van der Waals surface area contributed by atoms with Gasteiger partial charge < -0.3 is 4.74 Å². The fraction of sp³-hybridized carbons (Fsp3) is 0.417. The number of anilines is 1. The number of carbonyl (C=O) groups is 1. The van der Waals surface area contributed by atoms with Gasteiger partial charge >= 0.3 is 6.09 Å². The van der Waals surface area contributed by atoms with Crippen molar-refractivity contribution in [3.8, 4) is 0 Å². The number of amides is 1. The topological polar surface area (TPSA) is 81.5 Å². The summed E-state index contributed by atoms with van der Waals surface area (Å²) in [4.78, 5) is 21.9. The number of non-ortho nitro benzene ring substituents is 1. The van der Waals surface area contributed by atoms with Crippen molar-refractivity contribution in [3.05, 3.63) is 32.3 Å². The zero-order valence-corrected chi connectivity index (χ0v) is 12.7. The van der Waals surface area contributed by atoms with Gasteiger partial charge in [0.25, 0.3) is 5.69 Å². The van der Waals surface area contributed by atoms with E-state index >= 15 is 0 Å². The van der Waals surface area contributed by atoms with E-state index in [0.717, 1.165) is 0 Å². The minimum atomic E-state index is -0.606. The average Bonchev–Trinajstić information content (AvgIpc) is 2.20. The second-order valence-corrected chi connectivity index (χ2v) is 5.86. The van der Waals surface area contributed by atoms with Crippen molar-refractivity contribution in [3.63, 3.8) is 0 Å². The number of nitrogens with one attached hydrogen (secondary N) is 1. The summed E-state index contributed by atoms with van der Waals surface area (Å²) in [6.07, 6.45) is -0.606. The number of hydrogen-bond acceptors (Lipinski definition) is 4. The van der Waals surface area contributed by atoms with E-state index < -0.39 is 16.6 Å². The van der Waals surface area contributed by atoms with Gasteiger partial charge in [-0.1, -0.05) is 0 Å². The van der Waals surface area contributed by atoms with Crippen molar-refractivity contribution in [2.75, 3.05) is 5.32 Å². The van der Waals surface area contributed by atoms with E-state index in [4.69, 9.17) is 4.74 Å². The van der Waals surface area contributed by atoms with Gasteiger partial charge in [0.15, 0.2) is 0 Å². The molecule has 0 aliphatic rings. The van der Waals surface area contributed by atoms with E-state index in [-0.39, 0.29) is 5.69 Å². The molecular weight excluding hydrogens is 316 g/mol. The van der Waals surface area contributed by atoms with Crippen LogP contribution in [-0.2, 0) is 4.74 Å². The molecule has 0 spiro atoms. The van der Waals surface area contributed by atoms with Crippen molar-refractivity contribution in [2.24, 2.45) is 0 Å². The quantitative estimate of drug-likeness (QED) is 0.656. The summed E-state index contributed by atoms with van der Waals surface area (Å²) in [5, 5.41) is 13.3. The van der Waals surface area contributed by atoms with Crippen LogP contribution >= 0.6 is 15.9 Å². The molecule has 0 aliphatic carbocycles. The highest BCUT2D eigenvalue weighted by molar-refractivity contribution is 9.10. The van der Waals surface area contributed by atoms with E-state index in [0.29, 0.717) is 15.7 Å². The lowest BCUT2D eigenvalue weighted by Crippen LogP contribution is -2.27. The van der Waals surface area contributed by atoms with Gasteiger partial charge in [-0.3, -0.25) is 15.4 Å². The van der Waals surface area contributed by atoms with Crippen LogP contribution in [0.1, 0.15) is 26.3 Å². The van der Waals surface area contributed by atoms with Gasteiger partial charge in [0, 0.05) is 16.6 Å². The molecule has 0 heterocycles.